The highest BCUT2D eigenvalue weighted by Crippen LogP contribution is 2.18. The van der Waals surface area contributed by atoms with Crippen molar-refractivity contribution in [2.45, 2.75) is 33.4 Å². The zero-order chi connectivity index (χ0) is 27.1. The molecule has 0 atom stereocenters. The van der Waals surface area contributed by atoms with Gasteiger partial charge in [0.1, 0.15) is 11.6 Å². The van der Waals surface area contributed by atoms with Crippen LogP contribution in [0.15, 0.2) is 59.1 Å². The molecule has 3 heterocycles. The maximum Gasteiger partial charge on any atom is 0.409 e. The van der Waals surface area contributed by atoms with Crippen LogP contribution in [0.25, 0.3) is 0 Å². The van der Waals surface area contributed by atoms with E-state index in [4.69, 9.17) is 9.15 Å². The van der Waals surface area contributed by atoms with Gasteiger partial charge in [0, 0.05) is 44.6 Å². The highest BCUT2D eigenvalue weighted by atomic mass is 19.1. The molecule has 0 spiro atoms. The molecule has 1 aromatic carbocycles. The van der Waals surface area contributed by atoms with E-state index in [1.54, 1.807) is 45.9 Å². The number of benzene rings is 1. The van der Waals surface area contributed by atoms with Crippen LogP contribution in [-0.2, 0) is 17.8 Å². The highest BCUT2D eigenvalue weighted by Gasteiger charge is 2.27. The first-order chi connectivity index (χ1) is 18.4. The quantitative estimate of drug-likeness (QED) is 0.418. The predicted octanol–water partition coefficient (Wildman–Crippen LogP) is 4.24. The fraction of sp³-hybridized carbons (Fsp3) is 0.393. The normalized spacial score (nSPS) is 13.4. The summed E-state index contributed by atoms with van der Waals surface area (Å²) in [4.78, 5) is 42.8. The molecule has 0 unspecified atom stereocenters. The monoisotopic (exact) mass is 524 g/mol. The Kier molecular flexibility index (Phi) is 8.83. The van der Waals surface area contributed by atoms with Gasteiger partial charge < -0.3 is 28.4 Å². The molecular formula is C28H33FN4O5. The molecule has 3 amide bonds. The minimum atomic E-state index is -0.538. The number of furan rings is 1. The van der Waals surface area contributed by atoms with Crippen molar-refractivity contribution in [2.24, 2.45) is 0 Å². The van der Waals surface area contributed by atoms with E-state index in [9.17, 15) is 18.8 Å². The molecule has 202 valence electrons. The van der Waals surface area contributed by atoms with Crippen molar-refractivity contribution in [3.8, 4) is 0 Å². The smallest absolute Gasteiger partial charge is 0.409 e. The summed E-state index contributed by atoms with van der Waals surface area (Å²) in [5.74, 6) is -0.285. The zero-order valence-electron chi connectivity index (χ0n) is 21.8. The second kappa shape index (κ2) is 12.4. The average molecular weight is 525 g/mol. The maximum absolute atomic E-state index is 14.3. The fourth-order valence-electron chi connectivity index (χ4n) is 4.48. The minimum absolute atomic E-state index is 0.0522. The van der Waals surface area contributed by atoms with E-state index in [1.807, 2.05) is 29.8 Å². The van der Waals surface area contributed by atoms with Gasteiger partial charge in [0.2, 0.25) is 0 Å². The van der Waals surface area contributed by atoms with Crippen LogP contribution in [0.1, 0.15) is 52.6 Å². The van der Waals surface area contributed by atoms with E-state index < -0.39 is 5.82 Å². The number of hydrogen-bond donors (Lipinski definition) is 0. The SMILES string of the molecule is CCCN(Cc1cccn1Cc1ccc(C(=O)N2CCN(C(=O)OCC)CC2)o1)C(=O)c1ccccc1F. The van der Waals surface area contributed by atoms with Gasteiger partial charge in [0.05, 0.1) is 25.3 Å². The van der Waals surface area contributed by atoms with Crippen LogP contribution in [0.4, 0.5) is 9.18 Å². The van der Waals surface area contributed by atoms with Gasteiger partial charge in [-0.05, 0) is 49.7 Å². The van der Waals surface area contributed by atoms with E-state index in [0.29, 0.717) is 58.2 Å². The molecule has 1 saturated heterocycles. The van der Waals surface area contributed by atoms with Gasteiger partial charge in [-0.25, -0.2) is 9.18 Å². The molecule has 2 aromatic heterocycles. The second-order valence-electron chi connectivity index (χ2n) is 9.08. The molecule has 4 rings (SSSR count). The van der Waals surface area contributed by atoms with Crippen molar-refractivity contribution in [3.05, 3.63) is 83.3 Å². The molecule has 1 fully saturated rings. The Balaban J connectivity index is 1.39. The maximum atomic E-state index is 14.3. The van der Waals surface area contributed by atoms with Crippen molar-refractivity contribution in [1.29, 1.82) is 0 Å². The summed E-state index contributed by atoms with van der Waals surface area (Å²) >= 11 is 0. The lowest BCUT2D eigenvalue weighted by atomic mass is 10.1. The number of hydrogen-bond acceptors (Lipinski definition) is 5. The molecule has 0 aliphatic carbocycles. The number of ether oxygens (including phenoxy) is 1. The Morgan fingerprint density at radius 1 is 0.974 bits per heavy atom. The molecule has 1 aliphatic heterocycles. The number of halogens is 1. The van der Waals surface area contributed by atoms with Crippen LogP contribution in [0.3, 0.4) is 0 Å². The Labute approximate surface area is 221 Å². The number of nitrogens with zero attached hydrogens (tertiary/aromatic N) is 4. The molecule has 3 aromatic rings. The van der Waals surface area contributed by atoms with Gasteiger partial charge in [0.15, 0.2) is 5.76 Å². The van der Waals surface area contributed by atoms with Crippen LogP contribution < -0.4 is 0 Å². The van der Waals surface area contributed by atoms with Crippen molar-refractivity contribution in [3.63, 3.8) is 0 Å². The summed E-state index contributed by atoms with van der Waals surface area (Å²) in [5, 5.41) is 0. The Bertz CT molecular complexity index is 1260. The fourth-order valence-corrected chi connectivity index (χ4v) is 4.48. The van der Waals surface area contributed by atoms with Gasteiger partial charge in [0.25, 0.3) is 11.8 Å². The van der Waals surface area contributed by atoms with Crippen molar-refractivity contribution in [1.82, 2.24) is 19.3 Å². The first-order valence-electron chi connectivity index (χ1n) is 12.9. The number of piperazine rings is 1. The first-order valence-corrected chi connectivity index (χ1v) is 12.9. The van der Waals surface area contributed by atoms with Crippen molar-refractivity contribution in [2.75, 3.05) is 39.3 Å². The number of rotatable bonds is 9. The van der Waals surface area contributed by atoms with Gasteiger partial charge in [-0.1, -0.05) is 19.1 Å². The van der Waals surface area contributed by atoms with Gasteiger partial charge >= 0.3 is 6.09 Å². The summed E-state index contributed by atoms with van der Waals surface area (Å²) in [7, 11) is 0. The molecule has 38 heavy (non-hydrogen) atoms. The Morgan fingerprint density at radius 3 is 2.42 bits per heavy atom. The van der Waals surface area contributed by atoms with Crippen LogP contribution in [0.2, 0.25) is 0 Å². The largest absolute Gasteiger partial charge is 0.454 e. The van der Waals surface area contributed by atoms with E-state index in [-0.39, 0.29) is 29.2 Å². The van der Waals surface area contributed by atoms with E-state index in [2.05, 4.69) is 0 Å². The number of carbonyl (C=O) groups is 3. The highest BCUT2D eigenvalue weighted by molar-refractivity contribution is 5.94. The van der Waals surface area contributed by atoms with Crippen LogP contribution in [-0.4, -0.2) is 76.5 Å². The van der Waals surface area contributed by atoms with Crippen molar-refractivity contribution >= 4 is 17.9 Å². The standard InChI is InChI=1S/C28H33FN4O5/c1-3-13-33(26(34)23-9-5-6-10-24(23)29)19-21-8-7-14-32(21)20-22-11-12-25(38-22)27(35)30-15-17-31(18-16-30)28(36)37-4-2/h5-12,14H,3-4,13,15-20H2,1-2H3. The molecule has 0 saturated carbocycles. The van der Waals surface area contributed by atoms with Gasteiger partial charge in [-0.3, -0.25) is 9.59 Å². The summed E-state index contributed by atoms with van der Waals surface area (Å²) < 4.78 is 27.1. The predicted molar refractivity (Wildman–Crippen MR) is 138 cm³/mol. The third kappa shape index (κ3) is 6.24. The summed E-state index contributed by atoms with van der Waals surface area (Å²) in [6.07, 6.45) is 2.25. The number of amides is 3. The third-order valence-corrected chi connectivity index (χ3v) is 6.45. The Hall–Kier alpha value is -4.08. The number of carbonyl (C=O) groups excluding carboxylic acids is 3. The molecule has 0 N–H and O–H groups in total. The zero-order valence-corrected chi connectivity index (χ0v) is 21.8. The lowest BCUT2D eigenvalue weighted by Crippen LogP contribution is -2.50. The number of aromatic nitrogens is 1. The van der Waals surface area contributed by atoms with Crippen LogP contribution in [0, 0.1) is 5.82 Å². The van der Waals surface area contributed by atoms with E-state index in [1.165, 1.54) is 12.1 Å². The first kappa shape index (κ1) is 27.0. The van der Waals surface area contributed by atoms with E-state index >= 15 is 0 Å². The van der Waals surface area contributed by atoms with Crippen LogP contribution in [0.5, 0.6) is 0 Å². The third-order valence-electron chi connectivity index (χ3n) is 6.45. The minimum Gasteiger partial charge on any atom is -0.454 e. The van der Waals surface area contributed by atoms with Gasteiger partial charge in [-0.2, -0.15) is 0 Å². The second-order valence-corrected chi connectivity index (χ2v) is 9.08. The lowest BCUT2D eigenvalue weighted by Gasteiger charge is -2.33. The molecule has 0 radical (unpaired) electrons. The molecule has 10 heteroatoms. The average Bonchev–Trinajstić information content (AvgIpc) is 3.58. The van der Waals surface area contributed by atoms with E-state index in [0.717, 1.165) is 12.1 Å². The van der Waals surface area contributed by atoms with Crippen LogP contribution >= 0.6 is 0 Å². The van der Waals surface area contributed by atoms with Gasteiger partial charge in [-0.15, -0.1) is 0 Å². The Morgan fingerprint density at radius 2 is 1.71 bits per heavy atom. The van der Waals surface area contributed by atoms with Crippen molar-refractivity contribution < 1.29 is 27.9 Å². The molecule has 0 bridgehead atoms. The summed E-state index contributed by atoms with van der Waals surface area (Å²) in [6, 6.07) is 13.2. The summed E-state index contributed by atoms with van der Waals surface area (Å²) in [6.45, 7) is 6.84. The molecular weight excluding hydrogens is 491 g/mol. The topological polar surface area (TPSA) is 88.2 Å². The lowest BCUT2D eigenvalue weighted by molar-refractivity contribution is 0.0544. The summed E-state index contributed by atoms with van der Waals surface area (Å²) in [5.41, 5.74) is 0.916. The molecule has 9 nitrogen and oxygen atoms in total. The molecule has 1 aliphatic rings.